The van der Waals surface area contributed by atoms with Crippen molar-refractivity contribution in [2.75, 3.05) is 31.1 Å². The van der Waals surface area contributed by atoms with Crippen LogP contribution in [0.2, 0.25) is 0 Å². The molecule has 0 saturated carbocycles. The molecule has 2 N–H and O–H groups in total. The number of hydrogen-bond donors (Lipinski definition) is 2. The van der Waals surface area contributed by atoms with Gasteiger partial charge >= 0.3 is 0 Å². The van der Waals surface area contributed by atoms with Crippen molar-refractivity contribution in [2.24, 2.45) is 0 Å². The maximum Gasteiger partial charge on any atom is 0.154 e. The van der Waals surface area contributed by atoms with Crippen molar-refractivity contribution in [3.05, 3.63) is 114 Å². The minimum atomic E-state index is -1.20. The Morgan fingerprint density at radius 3 is 2.36 bits per heavy atom. The van der Waals surface area contributed by atoms with Crippen LogP contribution in [0.5, 0.6) is 0 Å². The lowest BCUT2D eigenvalue weighted by molar-refractivity contribution is 0.219. The Morgan fingerprint density at radius 2 is 1.60 bits per heavy atom. The quantitative estimate of drug-likeness (QED) is 0.281. The predicted octanol–water partition coefficient (Wildman–Crippen LogP) is 5.69. The molecule has 1 aliphatic rings. The first-order valence-electron chi connectivity index (χ1n) is 13.9. The van der Waals surface area contributed by atoms with Crippen molar-refractivity contribution in [3.63, 3.8) is 0 Å². The Kier molecular flexibility index (Phi) is 6.60. The first-order chi connectivity index (χ1) is 20.4. The molecule has 7 nitrogen and oxygen atoms in total. The van der Waals surface area contributed by atoms with Crippen molar-refractivity contribution >= 4 is 22.2 Å². The van der Waals surface area contributed by atoms with E-state index in [2.05, 4.69) is 50.5 Å². The van der Waals surface area contributed by atoms with Gasteiger partial charge in [-0.1, -0.05) is 24.3 Å². The molecule has 0 spiro atoms. The van der Waals surface area contributed by atoms with Gasteiger partial charge in [0.1, 0.15) is 17.7 Å². The van der Waals surface area contributed by atoms with Crippen LogP contribution >= 0.6 is 0 Å². The van der Waals surface area contributed by atoms with Crippen LogP contribution in [0.1, 0.15) is 22.9 Å². The maximum atomic E-state index is 13.7. The van der Waals surface area contributed by atoms with E-state index in [4.69, 9.17) is 5.10 Å². The second kappa shape index (κ2) is 10.6. The molecule has 3 aromatic carbocycles. The van der Waals surface area contributed by atoms with Gasteiger partial charge in [0.2, 0.25) is 0 Å². The largest absolute Gasteiger partial charge is 0.384 e. The molecule has 7 rings (SSSR count). The van der Waals surface area contributed by atoms with Gasteiger partial charge in [0.05, 0.1) is 23.1 Å². The number of fused-ring (bicyclic) bond motifs is 2. The van der Waals surface area contributed by atoms with E-state index >= 15 is 0 Å². The van der Waals surface area contributed by atoms with Gasteiger partial charge in [0, 0.05) is 60.6 Å². The number of hydrogen-bond acceptors (Lipinski definition) is 6. The van der Waals surface area contributed by atoms with E-state index in [9.17, 15) is 13.9 Å². The van der Waals surface area contributed by atoms with E-state index in [-0.39, 0.29) is 5.56 Å². The molecule has 1 aliphatic heterocycles. The number of rotatable bonds is 5. The van der Waals surface area contributed by atoms with E-state index in [1.165, 1.54) is 5.69 Å². The van der Waals surface area contributed by atoms with Crippen LogP contribution in [0.3, 0.4) is 0 Å². The van der Waals surface area contributed by atoms with Crippen molar-refractivity contribution in [3.8, 4) is 22.4 Å². The van der Waals surface area contributed by atoms with Gasteiger partial charge in [-0.15, -0.1) is 0 Å². The van der Waals surface area contributed by atoms with E-state index in [1.54, 1.807) is 24.5 Å². The summed E-state index contributed by atoms with van der Waals surface area (Å²) < 4.78 is 29.3. The predicted molar refractivity (Wildman–Crippen MR) is 159 cm³/mol. The smallest absolute Gasteiger partial charge is 0.154 e. The molecule has 0 amide bonds. The number of aliphatic hydroxyl groups is 1. The number of aliphatic hydroxyl groups excluding tert-OH is 1. The topological polar surface area (TPSA) is 78.6 Å². The molecule has 210 valence electrons. The highest BCUT2D eigenvalue weighted by molar-refractivity contribution is 5.94. The number of anilines is 1. The van der Waals surface area contributed by atoms with Gasteiger partial charge in [-0.25, -0.2) is 18.3 Å². The molecule has 0 aliphatic carbocycles. The normalized spacial score (nSPS) is 14.5. The fourth-order valence-electron chi connectivity index (χ4n) is 5.74. The summed E-state index contributed by atoms with van der Waals surface area (Å²) in [5, 5.41) is 20.0. The molecule has 9 heteroatoms. The molecule has 1 unspecified atom stereocenters. The highest BCUT2D eigenvalue weighted by Gasteiger charge is 2.18. The van der Waals surface area contributed by atoms with Crippen molar-refractivity contribution < 1.29 is 13.9 Å². The van der Waals surface area contributed by atoms with Crippen LogP contribution in [-0.4, -0.2) is 50.9 Å². The van der Waals surface area contributed by atoms with E-state index < -0.39 is 17.7 Å². The van der Waals surface area contributed by atoms with Gasteiger partial charge in [0.15, 0.2) is 5.65 Å². The number of piperazine rings is 1. The summed E-state index contributed by atoms with van der Waals surface area (Å²) in [6.45, 7) is 5.99. The van der Waals surface area contributed by atoms with Crippen molar-refractivity contribution in [2.45, 2.75) is 13.0 Å². The number of pyridine rings is 1. The summed E-state index contributed by atoms with van der Waals surface area (Å²) in [4.78, 5) is 11.6. The van der Waals surface area contributed by atoms with Gasteiger partial charge in [-0.2, -0.15) is 5.10 Å². The van der Waals surface area contributed by atoms with E-state index in [0.717, 1.165) is 83.5 Å². The summed E-state index contributed by atoms with van der Waals surface area (Å²) in [6.07, 6.45) is 2.29. The number of aryl methyl sites for hydroxylation is 1. The summed E-state index contributed by atoms with van der Waals surface area (Å²) in [6, 6.07) is 20.9. The standard InChI is InChI=1S/C33H28F2N6O/c1-20-29(21-2-5-26(6-3-21)40-12-10-36-11-13-40)18-32-38-19-31(41(32)39-20)28-8-9-37-30-16-22(4-7-27(28)30)33(42)23-14-24(34)17-25(35)15-23/h2-9,14-19,33,36,42H,10-13H2,1H3. The molecule has 1 saturated heterocycles. The van der Waals surface area contributed by atoms with Gasteiger partial charge in [-0.05, 0) is 66.1 Å². The summed E-state index contributed by atoms with van der Waals surface area (Å²) >= 11 is 0. The monoisotopic (exact) mass is 562 g/mol. The van der Waals surface area contributed by atoms with Gasteiger partial charge in [-0.3, -0.25) is 4.98 Å². The Labute approximate surface area is 241 Å². The summed E-state index contributed by atoms with van der Waals surface area (Å²) in [5.74, 6) is -1.48. The van der Waals surface area contributed by atoms with E-state index in [0.29, 0.717) is 11.1 Å². The number of imidazole rings is 1. The Balaban J connectivity index is 1.22. The van der Waals surface area contributed by atoms with Crippen LogP contribution in [0.15, 0.2) is 85.2 Å². The average molecular weight is 563 g/mol. The van der Waals surface area contributed by atoms with Gasteiger partial charge in [0.25, 0.3) is 0 Å². The first kappa shape index (κ1) is 26.2. The number of aromatic nitrogens is 4. The molecule has 42 heavy (non-hydrogen) atoms. The highest BCUT2D eigenvalue weighted by Crippen LogP contribution is 2.33. The summed E-state index contributed by atoms with van der Waals surface area (Å²) in [5.41, 5.74) is 7.88. The molecule has 0 radical (unpaired) electrons. The molecule has 3 aromatic heterocycles. The number of halogens is 2. The van der Waals surface area contributed by atoms with Crippen LogP contribution in [0.25, 0.3) is 38.9 Å². The molecule has 0 bridgehead atoms. The lowest BCUT2D eigenvalue weighted by atomic mass is 9.98. The zero-order chi connectivity index (χ0) is 28.8. The zero-order valence-electron chi connectivity index (χ0n) is 22.9. The molecular formula is C33H28F2N6O. The van der Waals surface area contributed by atoms with Gasteiger partial charge < -0.3 is 15.3 Å². The van der Waals surface area contributed by atoms with Crippen LogP contribution in [0, 0.1) is 18.6 Å². The van der Waals surface area contributed by atoms with Crippen molar-refractivity contribution in [1.29, 1.82) is 0 Å². The number of nitrogens with one attached hydrogen (secondary N) is 1. The number of benzene rings is 3. The molecule has 4 heterocycles. The average Bonchev–Trinajstić information content (AvgIpc) is 3.42. The minimum Gasteiger partial charge on any atom is -0.384 e. The maximum absolute atomic E-state index is 13.7. The third-order valence-electron chi connectivity index (χ3n) is 7.90. The Bertz CT molecular complexity index is 1910. The fourth-order valence-corrected chi connectivity index (χ4v) is 5.74. The third-order valence-corrected chi connectivity index (χ3v) is 7.90. The molecule has 6 aromatic rings. The van der Waals surface area contributed by atoms with Crippen molar-refractivity contribution in [1.82, 2.24) is 24.9 Å². The second-order valence-electron chi connectivity index (χ2n) is 10.6. The molecule has 1 atom stereocenters. The van der Waals surface area contributed by atoms with E-state index in [1.807, 2.05) is 23.6 Å². The zero-order valence-corrected chi connectivity index (χ0v) is 22.9. The van der Waals surface area contributed by atoms with Crippen LogP contribution < -0.4 is 10.2 Å². The second-order valence-corrected chi connectivity index (χ2v) is 10.6. The van der Waals surface area contributed by atoms with Crippen LogP contribution in [0.4, 0.5) is 14.5 Å². The SMILES string of the molecule is Cc1nn2c(-c3ccnc4cc(C(O)c5cc(F)cc(F)c5)ccc34)cnc2cc1-c1ccc(N2CCNCC2)cc1. The minimum absolute atomic E-state index is 0.138. The lowest BCUT2D eigenvalue weighted by Gasteiger charge is -2.29. The highest BCUT2D eigenvalue weighted by atomic mass is 19.1. The Hall–Kier alpha value is -4.73. The number of nitrogens with zero attached hydrogens (tertiary/aromatic N) is 5. The third kappa shape index (κ3) is 4.76. The lowest BCUT2D eigenvalue weighted by Crippen LogP contribution is -2.43. The molecular weight excluding hydrogens is 534 g/mol. The molecule has 1 fully saturated rings. The van der Waals surface area contributed by atoms with Crippen LogP contribution in [-0.2, 0) is 0 Å². The summed E-state index contributed by atoms with van der Waals surface area (Å²) in [7, 11) is 0. The fraction of sp³-hybridized carbons (Fsp3) is 0.182. The Morgan fingerprint density at radius 1 is 0.833 bits per heavy atom. The first-order valence-corrected chi connectivity index (χ1v) is 13.9.